The van der Waals surface area contributed by atoms with Crippen molar-refractivity contribution < 1.29 is 9.59 Å². The first-order valence-corrected chi connectivity index (χ1v) is 11.8. The Balaban J connectivity index is 1.36. The molecular formula is C27H23ClN6O2. The van der Waals surface area contributed by atoms with Crippen LogP contribution in [0.5, 0.6) is 0 Å². The minimum atomic E-state index is -0.863. The van der Waals surface area contributed by atoms with E-state index in [0.29, 0.717) is 22.9 Å². The summed E-state index contributed by atoms with van der Waals surface area (Å²) >= 11 is 6.22. The molecule has 0 radical (unpaired) electrons. The van der Waals surface area contributed by atoms with Crippen molar-refractivity contribution in [1.82, 2.24) is 25.1 Å². The molecule has 0 aliphatic heterocycles. The van der Waals surface area contributed by atoms with E-state index in [-0.39, 0.29) is 12.3 Å². The highest BCUT2D eigenvalue weighted by molar-refractivity contribution is 6.33. The van der Waals surface area contributed by atoms with Gasteiger partial charge in [0, 0.05) is 48.2 Å². The average Bonchev–Trinajstić information content (AvgIpc) is 3.51. The van der Waals surface area contributed by atoms with Crippen molar-refractivity contribution >= 4 is 40.1 Å². The number of hydrogen-bond acceptors (Lipinski definition) is 4. The van der Waals surface area contributed by atoms with Crippen LogP contribution in [-0.2, 0) is 17.8 Å². The fourth-order valence-corrected chi connectivity index (χ4v) is 4.24. The summed E-state index contributed by atoms with van der Waals surface area (Å²) in [5.41, 5.74) is 3.21. The van der Waals surface area contributed by atoms with Crippen LogP contribution in [0, 0.1) is 0 Å². The molecule has 0 saturated heterocycles. The summed E-state index contributed by atoms with van der Waals surface area (Å²) in [6.45, 7) is 0.542. The molecule has 36 heavy (non-hydrogen) atoms. The maximum Gasteiger partial charge on any atom is 0.253 e. The number of amides is 2. The fraction of sp³-hybridized carbons (Fsp3) is 0.111. The van der Waals surface area contributed by atoms with Crippen LogP contribution in [-0.4, -0.2) is 37.6 Å². The summed E-state index contributed by atoms with van der Waals surface area (Å²) in [4.78, 5) is 33.6. The van der Waals surface area contributed by atoms with Gasteiger partial charge >= 0.3 is 0 Å². The minimum absolute atomic E-state index is 0.282. The lowest BCUT2D eigenvalue weighted by molar-refractivity contribution is -0.118. The molecule has 0 aliphatic carbocycles. The normalized spacial score (nSPS) is 11.8. The molecule has 2 amide bonds. The number of aromatic nitrogens is 4. The molecule has 2 aromatic carbocycles. The molecule has 5 aromatic rings. The number of H-pyrrole nitrogens is 1. The Kier molecular flexibility index (Phi) is 6.77. The lowest BCUT2D eigenvalue weighted by Gasteiger charge is -2.18. The second-order valence-electron chi connectivity index (χ2n) is 8.31. The van der Waals surface area contributed by atoms with E-state index in [4.69, 9.17) is 11.6 Å². The van der Waals surface area contributed by atoms with Crippen molar-refractivity contribution in [2.24, 2.45) is 0 Å². The fourth-order valence-electron chi connectivity index (χ4n) is 4.02. The van der Waals surface area contributed by atoms with E-state index in [2.05, 4.69) is 25.7 Å². The summed E-state index contributed by atoms with van der Waals surface area (Å²) in [5, 5.41) is 11.4. The number of pyridine rings is 1. The van der Waals surface area contributed by atoms with Gasteiger partial charge < -0.3 is 15.6 Å². The molecule has 5 rings (SSSR count). The number of nitrogens with zero attached hydrogens (tertiary/aromatic N) is 3. The van der Waals surface area contributed by atoms with Gasteiger partial charge in [-0.1, -0.05) is 41.9 Å². The zero-order valence-corrected chi connectivity index (χ0v) is 19.9. The van der Waals surface area contributed by atoms with Crippen LogP contribution in [0.3, 0.4) is 0 Å². The van der Waals surface area contributed by atoms with Crippen molar-refractivity contribution in [2.75, 3.05) is 5.32 Å². The maximum atomic E-state index is 13.4. The van der Waals surface area contributed by atoms with Gasteiger partial charge in [0.25, 0.3) is 5.91 Å². The average molecular weight is 499 g/mol. The highest BCUT2D eigenvalue weighted by Crippen LogP contribution is 2.21. The van der Waals surface area contributed by atoms with Gasteiger partial charge in [-0.2, -0.15) is 5.10 Å². The summed E-state index contributed by atoms with van der Waals surface area (Å²) < 4.78 is 1.72. The van der Waals surface area contributed by atoms with Gasteiger partial charge in [-0.3, -0.25) is 19.3 Å². The van der Waals surface area contributed by atoms with Gasteiger partial charge in [0.15, 0.2) is 5.82 Å². The molecule has 3 N–H and O–H groups in total. The summed E-state index contributed by atoms with van der Waals surface area (Å²) in [7, 11) is 0. The van der Waals surface area contributed by atoms with Crippen LogP contribution in [0.2, 0.25) is 5.02 Å². The Bertz CT molecular complexity index is 1510. The number of carbonyl (C=O) groups excluding carboxylic acids is 2. The number of benzene rings is 2. The van der Waals surface area contributed by atoms with Crippen molar-refractivity contribution in [2.45, 2.75) is 19.0 Å². The first kappa shape index (κ1) is 23.3. The Hall–Kier alpha value is -4.43. The highest BCUT2D eigenvalue weighted by atomic mass is 35.5. The molecule has 0 bridgehead atoms. The van der Waals surface area contributed by atoms with Crippen LogP contribution >= 0.6 is 11.6 Å². The van der Waals surface area contributed by atoms with E-state index in [0.717, 1.165) is 22.0 Å². The molecule has 3 heterocycles. The number of fused-ring (bicyclic) bond motifs is 1. The lowest BCUT2D eigenvalue weighted by Crippen LogP contribution is -2.45. The molecule has 1 atom stereocenters. The zero-order chi connectivity index (χ0) is 24.9. The topological polar surface area (TPSA) is 105 Å². The third kappa shape index (κ3) is 5.29. The second kappa shape index (κ2) is 10.5. The van der Waals surface area contributed by atoms with E-state index in [1.54, 1.807) is 53.6 Å². The maximum absolute atomic E-state index is 13.4. The van der Waals surface area contributed by atoms with Crippen LogP contribution in [0.25, 0.3) is 10.9 Å². The number of hydrogen-bond donors (Lipinski definition) is 3. The Labute approximate surface area is 212 Å². The molecule has 1 unspecified atom stereocenters. The van der Waals surface area contributed by atoms with Crippen molar-refractivity contribution in [1.29, 1.82) is 0 Å². The third-order valence-corrected chi connectivity index (χ3v) is 6.15. The summed E-state index contributed by atoms with van der Waals surface area (Å²) in [6.07, 6.45) is 7.36. The first-order chi connectivity index (χ1) is 17.6. The molecule has 0 saturated carbocycles. The van der Waals surface area contributed by atoms with Crippen molar-refractivity contribution in [3.63, 3.8) is 0 Å². The van der Waals surface area contributed by atoms with E-state index >= 15 is 0 Å². The molecule has 0 fully saturated rings. The van der Waals surface area contributed by atoms with E-state index in [1.165, 1.54) is 0 Å². The van der Waals surface area contributed by atoms with Gasteiger partial charge in [0.05, 0.1) is 17.1 Å². The standard InChI is InChI=1S/C27H23ClN6O2/c28-22-7-3-1-6-21(22)26(35)31-24(15-19-16-30-23-8-4-2-5-20(19)23)27(36)32-25-11-14-34(33-25)17-18-9-12-29-13-10-18/h1-14,16,24,30H,15,17H2,(H,31,35)(H,32,33,36). The summed E-state index contributed by atoms with van der Waals surface area (Å²) in [5.74, 6) is -0.413. The predicted molar refractivity (Wildman–Crippen MR) is 139 cm³/mol. The second-order valence-corrected chi connectivity index (χ2v) is 8.72. The van der Waals surface area contributed by atoms with Crippen molar-refractivity contribution in [3.8, 4) is 0 Å². The van der Waals surface area contributed by atoms with Gasteiger partial charge in [0.2, 0.25) is 5.91 Å². The SMILES string of the molecule is O=C(NC(Cc1c[nH]c2ccccc12)C(=O)Nc1ccn(Cc2ccncc2)n1)c1ccccc1Cl. The number of rotatable bonds is 8. The molecule has 9 heteroatoms. The molecule has 0 spiro atoms. The molecule has 3 aromatic heterocycles. The van der Waals surface area contributed by atoms with E-state index in [1.807, 2.05) is 42.6 Å². The number of halogens is 1. The zero-order valence-electron chi connectivity index (χ0n) is 19.2. The molecule has 0 aliphatic rings. The smallest absolute Gasteiger partial charge is 0.253 e. The van der Waals surface area contributed by atoms with Crippen LogP contribution in [0.15, 0.2) is 91.5 Å². The molecule has 180 valence electrons. The van der Waals surface area contributed by atoms with Gasteiger partial charge in [-0.15, -0.1) is 0 Å². The third-order valence-electron chi connectivity index (χ3n) is 5.83. The van der Waals surface area contributed by atoms with E-state index in [9.17, 15) is 9.59 Å². The molecular weight excluding hydrogens is 476 g/mol. The summed E-state index contributed by atoms with van der Waals surface area (Å²) in [6, 6.07) is 19.2. The molecule has 8 nitrogen and oxygen atoms in total. The predicted octanol–water partition coefficient (Wildman–Crippen LogP) is 4.44. The quantitative estimate of drug-likeness (QED) is 0.294. The lowest BCUT2D eigenvalue weighted by atomic mass is 10.0. The number of para-hydroxylation sites is 1. The van der Waals surface area contributed by atoms with Crippen LogP contribution < -0.4 is 10.6 Å². The van der Waals surface area contributed by atoms with Crippen LogP contribution in [0.4, 0.5) is 5.82 Å². The van der Waals surface area contributed by atoms with Gasteiger partial charge in [0.1, 0.15) is 6.04 Å². The minimum Gasteiger partial charge on any atom is -0.361 e. The van der Waals surface area contributed by atoms with Gasteiger partial charge in [-0.05, 0) is 41.5 Å². The number of carbonyl (C=O) groups is 2. The Morgan fingerprint density at radius 2 is 1.78 bits per heavy atom. The van der Waals surface area contributed by atoms with Crippen LogP contribution in [0.1, 0.15) is 21.5 Å². The monoisotopic (exact) mass is 498 g/mol. The Morgan fingerprint density at radius 3 is 2.61 bits per heavy atom. The van der Waals surface area contributed by atoms with E-state index < -0.39 is 11.9 Å². The highest BCUT2D eigenvalue weighted by Gasteiger charge is 2.25. The number of aromatic amines is 1. The van der Waals surface area contributed by atoms with Crippen molar-refractivity contribution in [3.05, 3.63) is 113 Å². The first-order valence-electron chi connectivity index (χ1n) is 11.4. The largest absolute Gasteiger partial charge is 0.361 e. The Morgan fingerprint density at radius 1 is 1.00 bits per heavy atom. The number of anilines is 1. The van der Waals surface area contributed by atoms with Gasteiger partial charge in [-0.25, -0.2) is 0 Å². The number of nitrogens with one attached hydrogen (secondary N) is 3.